The predicted molar refractivity (Wildman–Crippen MR) is 50.4 cm³/mol. The number of carboxylic acids is 1. The molecule has 0 heterocycles. The van der Waals surface area contributed by atoms with E-state index in [9.17, 15) is 18.0 Å². The summed E-state index contributed by atoms with van der Waals surface area (Å²) in [5.74, 6) is -2.63. The molecular weight excluding hydrogens is 240 g/mol. The third-order valence-electron chi connectivity index (χ3n) is 1.53. The lowest BCUT2D eigenvalue weighted by Gasteiger charge is -2.01. The molecule has 7 nitrogen and oxygen atoms in total. The van der Waals surface area contributed by atoms with E-state index in [1.54, 1.807) is 0 Å². The molecular formula is C8H6O7S. The third-order valence-corrected chi connectivity index (χ3v) is 1.89. The van der Waals surface area contributed by atoms with Crippen molar-refractivity contribution in [3.63, 3.8) is 0 Å². The van der Waals surface area contributed by atoms with Gasteiger partial charge in [-0.3, -0.25) is 4.55 Å². The van der Waals surface area contributed by atoms with Crippen molar-refractivity contribution in [1.82, 2.24) is 0 Å². The van der Waals surface area contributed by atoms with Crippen molar-refractivity contribution in [2.75, 3.05) is 0 Å². The third kappa shape index (κ3) is 3.33. The molecule has 1 aromatic carbocycles. The number of carboxylic acid groups (broad SMARTS) is 1. The smallest absolute Gasteiger partial charge is 0.449 e. The molecule has 86 valence electrons. The largest absolute Gasteiger partial charge is 0.478 e. The van der Waals surface area contributed by atoms with Gasteiger partial charge in [-0.05, 0) is 18.2 Å². The van der Waals surface area contributed by atoms with Gasteiger partial charge >= 0.3 is 22.3 Å². The first-order chi connectivity index (χ1) is 7.29. The summed E-state index contributed by atoms with van der Waals surface area (Å²) in [4.78, 5) is 21.6. The Morgan fingerprint density at radius 1 is 1.19 bits per heavy atom. The van der Waals surface area contributed by atoms with E-state index >= 15 is 0 Å². The Hall–Kier alpha value is -1.93. The van der Waals surface area contributed by atoms with Crippen molar-refractivity contribution < 1.29 is 31.8 Å². The molecule has 0 aliphatic heterocycles. The lowest BCUT2D eigenvalue weighted by molar-refractivity contribution is 0.0696. The highest BCUT2D eigenvalue weighted by Gasteiger charge is 2.16. The number of carbonyl (C=O) groups is 2. The first-order valence-corrected chi connectivity index (χ1v) is 5.21. The molecule has 0 radical (unpaired) electrons. The van der Waals surface area contributed by atoms with Crippen LogP contribution in [-0.2, 0) is 14.6 Å². The highest BCUT2D eigenvalue weighted by molar-refractivity contribution is 7.81. The van der Waals surface area contributed by atoms with E-state index in [0.717, 1.165) is 12.1 Å². The van der Waals surface area contributed by atoms with Crippen LogP contribution in [0.1, 0.15) is 20.7 Å². The summed E-state index contributed by atoms with van der Waals surface area (Å²) in [5, 5.41) is 8.60. The molecule has 0 saturated heterocycles. The van der Waals surface area contributed by atoms with Gasteiger partial charge in [-0.15, -0.1) is 0 Å². The second kappa shape index (κ2) is 4.29. The summed E-state index contributed by atoms with van der Waals surface area (Å²) < 4.78 is 32.4. The number of carbonyl (C=O) groups excluding carboxylic acids is 1. The molecule has 0 amide bonds. The number of rotatable bonds is 3. The molecule has 1 rings (SSSR count). The molecule has 0 unspecified atom stereocenters. The van der Waals surface area contributed by atoms with E-state index < -0.39 is 22.3 Å². The molecule has 0 aliphatic rings. The topological polar surface area (TPSA) is 118 Å². The quantitative estimate of drug-likeness (QED) is 0.738. The van der Waals surface area contributed by atoms with Crippen LogP contribution in [-0.4, -0.2) is 30.0 Å². The standard InChI is InChI=1S/C8H6O7S/c9-7(10)5-2-1-3-6(4-5)8(11)15-16(12,13)14/h1-4H,(H,9,10)(H,12,13,14). The van der Waals surface area contributed by atoms with Gasteiger partial charge in [-0.25, -0.2) is 9.59 Å². The minimum Gasteiger partial charge on any atom is -0.478 e. The number of benzene rings is 1. The van der Waals surface area contributed by atoms with Gasteiger partial charge in [0, 0.05) is 0 Å². The van der Waals surface area contributed by atoms with Crippen LogP contribution in [0.4, 0.5) is 0 Å². The Morgan fingerprint density at radius 3 is 2.25 bits per heavy atom. The highest BCUT2D eigenvalue weighted by atomic mass is 32.3. The van der Waals surface area contributed by atoms with Crippen LogP contribution in [0.5, 0.6) is 0 Å². The van der Waals surface area contributed by atoms with E-state index in [1.807, 2.05) is 0 Å². The van der Waals surface area contributed by atoms with E-state index in [-0.39, 0.29) is 11.1 Å². The fourth-order valence-corrected chi connectivity index (χ4v) is 1.21. The van der Waals surface area contributed by atoms with Gasteiger partial charge < -0.3 is 9.29 Å². The first kappa shape index (κ1) is 12.1. The normalized spacial score (nSPS) is 10.8. The second-order valence-corrected chi connectivity index (χ2v) is 3.71. The molecule has 0 saturated carbocycles. The average Bonchev–Trinajstić information content (AvgIpc) is 2.15. The van der Waals surface area contributed by atoms with Crippen molar-refractivity contribution in [3.8, 4) is 0 Å². The van der Waals surface area contributed by atoms with Crippen molar-refractivity contribution in [3.05, 3.63) is 35.4 Å². The summed E-state index contributed by atoms with van der Waals surface area (Å²) in [6.07, 6.45) is 0. The fraction of sp³-hybridized carbons (Fsp3) is 0. The van der Waals surface area contributed by atoms with Crippen molar-refractivity contribution in [2.45, 2.75) is 0 Å². The SMILES string of the molecule is O=C(O)c1cccc(C(=O)OS(=O)(=O)O)c1. The van der Waals surface area contributed by atoms with E-state index in [2.05, 4.69) is 4.18 Å². The molecule has 0 aromatic heterocycles. The molecule has 0 atom stereocenters. The van der Waals surface area contributed by atoms with E-state index in [1.165, 1.54) is 12.1 Å². The molecule has 16 heavy (non-hydrogen) atoms. The van der Waals surface area contributed by atoms with Gasteiger partial charge in [0.1, 0.15) is 0 Å². The van der Waals surface area contributed by atoms with Crippen LogP contribution < -0.4 is 0 Å². The van der Waals surface area contributed by atoms with E-state index in [0.29, 0.717) is 0 Å². The number of hydrogen-bond acceptors (Lipinski definition) is 5. The Kier molecular flexibility index (Phi) is 3.25. The zero-order valence-corrected chi connectivity index (χ0v) is 8.47. The average molecular weight is 246 g/mol. The van der Waals surface area contributed by atoms with Crippen molar-refractivity contribution >= 4 is 22.3 Å². The maximum atomic E-state index is 11.1. The van der Waals surface area contributed by atoms with Crippen molar-refractivity contribution in [1.29, 1.82) is 0 Å². The minimum atomic E-state index is -4.90. The summed E-state index contributed by atoms with van der Waals surface area (Å²) in [5.41, 5.74) is -0.498. The zero-order valence-electron chi connectivity index (χ0n) is 7.65. The zero-order chi connectivity index (χ0) is 12.3. The summed E-state index contributed by atoms with van der Waals surface area (Å²) in [6.45, 7) is 0. The van der Waals surface area contributed by atoms with Crippen LogP contribution in [0.15, 0.2) is 24.3 Å². The summed E-state index contributed by atoms with van der Waals surface area (Å²) >= 11 is 0. The van der Waals surface area contributed by atoms with Crippen LogP contribution in [0.3, 0.4) is 0 Å². The van der Waals surface area contributed by atoms with Crippen molar-refractivity contribution in [2.24, 2.45) is 0 Å². The second-order valence-electron chi connectivity index (χ2n) is 2.68. The molecule has 0 fully saturated rings. The monoisotopic (exact) mass is 246 g/mol. The lowest BCUT2D eigenvalue weighted by Crippen LogP contribution is -2.12. The molecule has 2 N–H and O–H groups in total. The molecule has 1 aromatic rings. The summed E-state index contributed by atoms with van der Waals surface area (Å²) in [7, 11) is -4.90. The van der Waals surface area contributed by atoms with Gasteiger partial charge in [0.2, 0.25) is 0 Å². The molecule has 0 bridgehead atoms. The lowest BCUT2D eigenvalue weighted by atomic mass is 10.1. The Labute approximate surface area is 90.2 Å². The van der Waals surface area contributed by atoms with Crippen LogP contribution in [0.25, 0.3) is 0 Å². The Bertz CT molecular complexity index is 531. The number of aromatic carboxylic acids is 1. The Morgan fingerprint density at radius 2 is 1.75 bits per heavy atom. The Balaban J connectivity index is 3.01. The van der Waals surface area contributed by atoms with Crippen LogP contribution >= 0.6 is 0 Å². The van der Waals surface area contributed by atoms with E-state index in [4.69, 9.17) is 9.66 Å². The highest BCUT2D eigenvalue weighted by Crippen LogP contribution is 2.08. The van der Waals surface area contributed by atoms with Crippen LogP contribution in [0.2, 0.25) is 0 Å². The molecule has 0 aliphatic carbocycles. The fourth-order valence-electron chi connectivity index (χ4n) is 0.923. The summed E-state index contributed by atoms with van der Waals surface area (Å²) in [6, 6.07) is 4.53. The van der Waals surface area contributed by atoms with Crippen LogP contribution in [0, 0.1) is 0 Å². The maximum Gasteiger partial charge on any atom is 0.449 e. The minimum absolute atomic E-state index is 0.204. The van der Waals surface area contributed by atoms with Gasteiger partial charge in [0.05, 0.1) is 11.1 Å². The van der Waals surface area contributed by atoms with Gasteiger partial charge in [-0.1, -0.05) is 6.07 Å². The first-order valence-electron chi connectivity index (χ1n) is 3.84. The number of hydrogen-bond donors (Lipinski definition) is 2. The predicted octanol–water partition coefficient (Wildman–Crippen LogP) is 0.344. The molecule has 0 spiro atoms. The molecule has 8 heteroatoms. The van der Waals surface area contributed by atoms with Gasteiger partial charge in [-0.2, -0.15) is 8.42 Å². The maximum absolute atomic E-state index is 11.1. The van der Waals surface area contributed by atoms with Gasteiger partial charge in [0.25, 0.3) is 0 Å². The van der Waals surface area contributed by atoms with Gasteiger partial charge in [0.15, 0.2) is 0 Å².